The normalized spacial score (nSPS) is 24.4. The molecule has 0 heterocycles. The summed E-state index contributed by atoms with van der Waals surface area (Å²) in [6, 6.07) is 0. The topological polar surface area (TPSA) is 34.1 Å². The van der Waals surface area contributed by atoms with Gasteiger partial charge in [0.05, 0.1) is 0 Å². The number of hydrogen-bond acceptors (Lipinski definition) is 2. The lowest BCUT2D eigenvalue weighted by molar-refractivity contribution is -0.108. The number of allylic oxidation sites excluding steroid dienone is 2. The van der Waals surface area contributed by atoms with Crippen LogP contribution in [-0.2, 0) is 9.59 Å². The van der Waals surface area contributed by atoms with E-state index in [0.29, 0.717) is 12.3 Å². The van der Waals surface area contributed by atoms with Gasteiger partial charge in [0.25, 0.3) is 0 Å². The predicted octanol–water partition coefficient (Wildman–Crippen LogP) is 2.92. The summed E-state index contributed by atoms with van der Waals surface area (Å²) in [5, 5.41) is 0. The van der Waals surface area contributed by atoms with Gasteiger partial charge in [-0.2, -0.15) is 0 Å². The summed E-state index contributed by atoms with van der Waals surface area (Å²) in [4.78, 5) is 21.2. The van der Waals surface area contributed by atoms with E-state index < -0.39 is 0 Å². The smallest absolute Gasteiger partial charge is 0.146 e. The van der Waals surface area contributed by atoms with Crippen LogP contribution in [0.4, 0.5) is 0 Å². The molecule has 15 heavy (non-hydrogen) atoms. The Labute approximate surface area is 91.7 Å². The summed E-state index contributed by atoms with van der Waals surface area (Å²) in [5.74, 6) is 0.337. The van der Waals surface area contributed by atoms with Crippen molar-refractivity contribution in [3.05, 3.63) is 11.6 Å². The molecule has 0 saturated carbocycles. The Hall–Kier alpha value is -0.920. The highest BCUT2D eigenvalue weighted by atomic mass is 16.1. The summed E-state index contributed by atoms with van der Waals surface area (Å²) in [7, 11) is 0. The average molecular weight is 208 g/mol. The molecule has 2 nitrogen and oxygen atoms in total. The molecule has 2 heteroatoms. The zero-order valence-corrected chi connectivity index (χ0v) is 9.66. The first-order valence-electron chi connectivity index (χ1n) is 5.70. The maximum atomic E-state index is 11.0. The molecule has 0 aromatic carbocycles. The van der Waals surface area contributed by atoms with E-state index in [4.69, 9.17) is 0 Å². The van der Waals surface area contributed by atoms with Crippen LogP contribution in [-0.4, -0.2) is 12.6 Å². The number of aldehydes is 2. The molecular weight excluding hydrogens is 188 g/mol. The lowest BCUT2D eigenvalue weighted by Gasteiger charge is -2.37. The van der Waals surface area contributed by atoms with Gasteiger partial charge in [0.2, 0.25) is 0 Å². The van der Waals surface area contributed by atoms with E-state index in [0.717, 1.165) is 43.8 Å². The molecule has 0 fully saturated rings. The van der Waals surface area contributed by atoms with Gasteiger partial charge >= 0.3 is 0 Å². The molecule has 0 bridgehead atoms. The molecule has 0 aromatic heterocycles. The van der Waals surface area contributed by atoms with Gasteiger partial charge in [-0.25, -0.2) is 0 Å². The molecule has 84 valence electrons. The van der Waals surface area contributed by atoms with Crippen molar-refractivity contribution < 1.29 is 9.59 Å². The van der Waals surface area contributed by atoms with E-state index in [-0.39, 0.29) is 5.41 Å². The fourth-order valence-electron chi connectivity index (χ4n) is 2.47. The third kappa shape index (κ3) is 3.01. The van der Waals surface area contributed by atoms with Gasteiger partial charge in [-0.05, 0) is 42.6 Å². The van der Waals surface area contributed by atoms with Crippen molar-refractivity contribution >= 4 is 12.6 Å². The summed E-state index contributed by atoms with van der Waals surface area (Å²) in [5.41, 5.74) is 1.14. The quantitative estimate of drug-likeness (QED) is 0.514. The zero-order valence-electron chi connectivity index (χ0n) is 9.66. The standard InChI is InChI=1S/C13H20O2/c1-13(2)8-5-6-11(10-15)12(13)7-3-4-9-14/h6,9-10,12H,3-5,7-8H2,1-2H3/t12-/m0/s1. The monoisotopic (exact) mass is 208 g/mol. The fourth-order valence-corrected chi connectivity index (χ4v) is 2.47. The fraction of sp³-hybridized carbons (Fsp3) is 0.692. The summed E-state index contributed by atoms with van der Waals surface area (Å²) in [6.45, 7) is 4.43. The minimum Gasteiger partial charge on any atom is -0.303 e. The van der Waals surface area contributed by atoms with Crippen molar-refractivity contribution in [3.8, 4) is 0 Å². The minimum atomic E-state index is 0.202. The lowest BCUT2D eigenvalue weighted by atomic mass is 9.67. The molecular formula is C13H20O2. The molecule has 0 aliphatic heterocycles. The molecule has 1 rings (SSSR count). The first-order valence-corrected chi connectivity index (χ1v) is 5.70. The highest BCUT2D eigenvalue weighted by molar-refractivity contribution is 5.74. The van der Waals surface area contributed by atoms with E-state index in [1.807, 2.05) is 0 Å². The molecule has 1 atom stereocenters. The molecule has 0 N–H and O–H groups in total. The van der Waals surface area contributed by atoms with Gasteiger partial charge in [-0.3, -0.25) is 4.79 Å². The van der Waals surface area contributed by atoms with E-state index in [9.17, 15) is 9.59 Å². The van der Waals surface area contributed by atoms with Crippen molar-refractivity contribution in [2.24, 2.45) is 11.3 Å². The largest absolute Gasteiger partial charge is 0.303 e. The van der Waals surface area contributed by atoms with Crippen molar-refractivity contribution in [2.45, 2.75) is 46.0 Å². The van der Waals surface area contributed by atoms with Gasteiger partial charge in [-0.15, -0.1) is 0 Å². The van der Waals surface area contributed by atoms with Crippen LogP contribution in [0, 0.1) is 11.3 Å². The molecule has 0 saturated heterocycles. The van der Waals surface area contributed by atoms with Crippen LogP contribution in [0.1, 0.15) is 46.0 Å². The Morgan fingerprint density at radius 3 is 2.80 bits per heavy atom. The van der Waals surface area contributed by atoms with Crippen LogP contribution in [0.15, 0.2) is 11.6 Å². The maximum absolute atomic E-state index is 11.0. The summed E-state index contributed by atoms with van der Waals surface area (Å²) in [6.07, 6.45) is 8.61. The highest BCUT2D eigenvalue weighted by Gasteiger charge is 2.33. The molecule has 0 unspecified atom stereocenters. The van der Waals surface area contributed by atoms with E-state index in [1.165, 1.54) is 0 Å². The van der Waals surface area contributed by atoms with Crippen LogP contribution in [0.3, 0.4) is 0 Å². The molecule has 1 aliphatic carbocycles. The Morgan fingerprint density at radius 2 is 2.20 bits per heavy atom. The lowest BCUT2D eigenvalue weighted by Crippen LogP contribution is -2.29. The minimum absolute atomic E-state index is 0.202. The van der Waals surface area contributed by atoms with Crippen molar-refractivity contribution in [3.63, 3.8) is 0 Å². The Morgan fingerprint density at radius 1 is 1.47 bits per heavy atom. The van der Waals surface area contributed by atoms with E-state index in [1.54, 1.807) is 0 Å². The predicted molar refractivity (Wildman–Crippen MR) is 60.6 cm³/mol. The third-order valence-electron chi connectivity index (χ3n) is 3.47. The molecule has 0 radical (unpaired) electrons. The highest BCUT2D eigenvalue weighted by Crippen LogP contribution is 2.42. The number of hydrogen-bond donors (Lipinski definition) is 0. The zero-order chi connectivity index (χ0) is 11.3. The second kappa shape index (κ2) is 5.24. The number of carbonyl (C=O) groups is 2. The van der Waals surface area contributed by atoms with Crippen LogP contribution in [0.2, 0.25) is 0 Å². The van der Waals surface area contributed by atoms with Crippen LogP contribution >= 0.6 is 0 Å². The first-order chi connectivity index (χ1) is 7.11. The van der Waals surface area contributed by atoms with Gasteiger partial charge < -0.3 is 4.79 Å². The van der Waals surface area contributed by atoms with Gasteiger partial charge in [-0.1, -0.05) is 19.9 Å². The third-order valence-corrected chi connectivity index (χ3v) is 3.47. The first kappa shape index (κ1) is 12.2. The van der Waals surface area contributed by atoms with Crippen molar-refractivity contribution in [2.75, 3.05) is 0 Å². The Balaban J connectivity index is 2.68. The SMILES string of the molecule is CC1(C)CCC=C(C=O)[C@@H]1CCCC=O. The summed E-state index contributed by atoms with van der Waals surface area (Å²) >= 11 is 0. The Bertz CT molecular complexity index is 264. The van der Waals surface area contributed by atoms with E-state index in [2.05, 4.69) is 19.9 Å². The van der Waals surface area contributed by atoms with Gasteiger partial charge in [0, 0.05) is 6.42 Å². The van der Waals surface area contributed by atoms with Gasteiger partial charge in [0.1, 0.15) is 12.6 Å². The van der Waals surface area contributed by atoms with E-state index >= 15 is 0 Å². The number of rotatable bonds is 5. The van der Waals surface area contributed by atoms with Crippen molar-refractivity contribution in [1.82, 2.24) is 0 Å². The van der Waals surface area contributed by atoms with Gasteiger partial charge in [0.15, 0.2) is 0 Å². The molecule has 0 spiro atoms. The molecule has 0 amide bonds. The number of unbranched alkanes of at least 4 members (excludes halogenated alkanes) is 1. The van der Waals surface area contributed by atoms with Crippen LogP contribution in [0.25, 0.3) is 0 Å². The number of carbonyl (C=O) groups excluding carboxylic acids is 2. The summed E-state index contributed by atoms with van der Waals surface area (Å²) < 4.78 is 0. The maximum Gasteiger partial charge on any atom is 0.146 e. The molecule has 0 aromatic rings. The second-order valence-corrected chi connectivity index (χ2v) is 5.00. The van der Waals surface area contributed by atoms with Crippen molar-refractivity contribution in [1.29, 1.82) is 0 Å². The Kier molecular flexibility index (Phi) is 4.25. The van der Waals surface area contributed by atoms with Crippen LogP contribution < -0.4 is 0 Å². The average Bonchev–Trinajstić information content (AvgIpc) is 2.20. The second-order valence-electron chi connectivity index (χ2n) is 5.00. The molecule has 1 aliphatic rings. The van der Waals surface area contributed by atoms with Crippen LogP contribution in [0.5, 0.6) is 0 Å².